The van der Waals surface area contributed by atoms with E-state index in [1.807, 2.05) is 0 Å². The summed E-state index contributed by atoms with van der Waals surface area (Å²) in [6.07, 6.45) is -9.29. The zero-order chi connectivity index (χ0) is 66.5. The first-order valence-corrected chi connectivity index (χ1v) is 30.4. The summed E-state index contributed by atoms with van der Waals surface area (Å²) in [5.41, 5.74) is 13.8. The SMILES string of the molecule is CS(=O)(=O)Nc1cccc(CC(=O)Nc2nnc(CCCCc3ccc(N(C(=O)Cc4cccc(OC(F)(F)F)c4)C(C(N)=O)c4cc(OC(F)(F)F)cc(-c5ccc(CCCCc6ccc(-c7cc(CC(N)=O)cc(OC(F)(F)F)c7)nc6)cn5)c4)nc3F)s2)c1. The lowest BCUT2D eigenvalue weighted by molar-refractivity contribution is -0.275. The van der Waals surface area contributed by atoms with E-state index in [1.54, 1.807) is 36.5 Å². The Bertz CT molecular complexity index is 4060. The summed E-state index contributed by atoms with van der Waals surface area (Å²) in [6, 6.07) is 23.9. The van der Waals surface area contributed by atoms with Gasteiger partial charge in [-0.25, -0.2) is 13.4 Å². The number of aryl methyl sites for hydroxylation is 4. The second-order valence-electron chi connectivity index (χ2n) is 20.8. The minimum atomic E-state index is -5.30. The summed E-state index contributed by atoms with van der Waals surface area (Å²) < 4.78 is 175. The second-order valence-corrected chi connectivity index (χ2v) is 23.6. The van der Waals surface area contributed by atoms with Gasteiger partial charge < -0.3 is 31.0 Å². The number of primary amides is 2. The van der Waals surface area contributed by atoms with Crippen LogP contribution in [0.3, 0.4) is 0 Å². The Balaban J connectivity index is 0.969. The number of sulfonamides is 1. The molecule has 0 aliphatic heterocycles. The fourth-order valence-electron chi connectivity index (χ4n) is 9.61. The average Bonchev–Trinajstić information content (AvgIpc) is 0.886. The third-order valence-electron chi connectivity index (χ3n) is 13.3. The van der Waals surface area contributed by atoms with Crippen molar-refractivity contribution in [2.75, 3.05) is 21.2 Å². The standard InChI is InChI=1S/C61H54F10N10O9S2/c1-92(86,87)80-44-13-6-10-37(23-44)27-52(83)77-58-79-78-53(91-58)15-5-4-12-40-18-21-51(76-56(40)62)81(54(84)28-38-11-7-14-45(24-38)88-59(63,64)65)55(57(73)85)43-29-42(31-47(32-43)90-61(69,70)71)49-20-17-36(34-75-49)9-3-2-8-35-16-19-48(74-33-35)41-22-39(26-50(72)82)25-46(30-41)89-60(66,67)68/h6-7,10-11,13-14,16-25,29-34,55,80H,2-5,8-9,12,15,26-28H2,1H3,(H2,72,82)(H2,73,85)(H,77,79,83). The van der Waals surface area contributed by atoms with Crippen LogP contribution in [0.5, 0.6) is 17.2 Å². The fraction of sp³-hybridized carbons (Fsp3) is 0.262. The lowest BCUT2D eigenvalue weighted by Gasteiger charge is -2.30. The molecule has 92 heavy (non-hydrogen) atoms. The van der Waals surface area contributed by atoms with Crippen LogP contribution in [0.4, 0.5) is 60.5 Å². The minimum absolute atomic E-state index is 0.0304. The number of carbonyl (C=O) groups is 4. The van der Waals surface area contributed by atoms with Gasteiger partial charge >= 0.3 is 19.1 Å². The van der Waals surface area contributed by atoms with E-state index in [0.717, 1.165) is 71.7 Å². The van der Waals surface area contributed by atoms with Gasteiger partial charge in [-0.3, -0.25) is 38.8 Å². The highest BCUT2D eigenvalue weighted by Gasteiger charge is 2.37. The number of halogens is 10. The van der Waals surface area contributed by atoms with Gasteiger partial charge in [0.2, 0.25) is 44.7 Å². The highest BCUT2D eigenvalue weighted by atomic mass is 32.2. The molecule has 0 aliphatic carbocycles. The van der Waals surface area contributed by atoms with Crippen molar-refractivity contribution in [3.63, 3.8) is 0 Å². The molecule has 1 unspecified atom stereocenters. The molecular formula is C61H54F10N10O9S2. The molecule has 8 rings (SSSR count). The number of ether oxygens (including phenoxy) is 3. The van der Waals surface area contributed by atoms with Crippen LogP contribution in [-0.4, -0.2) is 82.5 Å². The van der Waals surface area contributed by atoms with Crippen LogP contribution in [0.15, 0.2) is 134 Å². The molecule has 1 atom stereocenters. The van der Waals surface area contributed by atoms with Crippen molar-refractivity contribution in [1.82, 2.24) is 25.1 Å². The summed E-state index contributed by atoms with van der Waals surface area (Å²) in [5, 5.41) is 11.5. The maximum absolute atomic E-state index is 16.2. The van der Waals surface area contributed by atoms with E-state index >= 15 is 4.39 Å². The number of hydrogen-bond acceptors (Lipinski definition) is 15. The Hall–Kier alpha value is -9.78. The van der Waals surface area contributed by atoms with Gasteiger partial charge in [0.05, 0.1) is 36.9 Å². The Labute approximate surface area is 522 Å². The number of hydrogen-bond donors (Lipinski definition) is 4. The number of pyridine rings is 3. The molecule has 4 amide bonds. The van der Waals surface area contributed by atoms with Gasteiger partial charge in [0.1, 0.15) is 34.1 Å². The van der Waals surface area contributed by atoms with Crippen molar-refractivity contribution in [2.24, 2.45) is 11.5 Å². The third-order valence-corrected chi connectivity index (χ3v) is 14.8. The van der Waals surface area contributed by atoms with Crippen LogP contribution < -0.4 is 40.6 Å². The van der Waals surface area contributed by atoms with Gasteiger partial charge in [0.15, 0.2) is 0 Å². The predicted molar refractivity (Wildman–Crippen MR) is 316 cm³/mol. The molecule has 484 valence electrons. The van der Waals surface area contributed by atoms with Crippen molar-refractivity contribution >= 4 is 61.6 Å². The Kier molecular flexibility index (Phi) is 21.8. The molecule has 6 N–H and O–H groups in total. The molecule has 4 aromatic heterocycles. The van der Waals surface area contributed by atoms with E-state index in [2.05, 4.69) is 49.4 Å². The third kappa shape index (κ3) is 21.2. The van der Waals surface area contributed by atoms with E-state index in [1.165, 1.54) is 48.7 Å². The molecule has 0 bridgehead atoms. The molecule has 0 saturated heterocycles. The quantitative estimate of drug-likeness (QED) is 0.0202. The highest BCUT2D eigenvalue weighted by Crippen LogP contribution is 2.37. The number of rotatable bonds is 28. The molecule has 4 heterocycles. The molecule has 4 aromatic carbocycles. The largest absolute Gasteiger partial charge is 0.573 e. The number of aromatic nitrogens is 5. The van der Waals surface area contributed by atoms with Crippen molar-refractivity contribution in [2.45, 2.75) is 95.8 Å². The number of benzene rings is 4. The lowest BCUT2D eigenvalue weighted by Crippen LogP contribution is -2.43. The molecule has 8 aromatic rings. The maximum Gasteiger partial charge on any atom is 0.573 e. The first kappa shape index (κ1) is 68.1. The van der Waals surface area contributed by atoms with Gasteiger partial charge in [-0.15, -0.1) is 49.7 Å². The summed E-state index contributed by atoms with van der Waals surface area (Å²) in [5.74, 6) is -7.54. The fourth-order valence-corrected chi connectivity index (χ4v) is 11.0. The summed E-state index contributed by atoms with van der Waals surface area (Å²) >= 11 is 1.10. The maximum atomic E-state index is 16.2. The molecule has 0 fully saturated rings. The van der Waals surface area contributed by atoms with E-state index in [-0.39, 0.29) is 63.6 Å². The number of alkyl halides is 9. The van der Waals surface area contributed by atoms with Gasteiger partial charge in [-0.05, 0) is 157 Å². The minimum Gasteiger partial charge on any atom is -0.406 e. The van der Waals surface area contributed by atoms with Crippen LogP contribution in [0.2, 0.25) is 0 Å². The Morgan fingerprint density at radius 1 is 0.598 bits per heavy atom. The van der Waals surface area contributed by atoms with Crippen LogP contribution in [0.25, 0.3) is 22.5 Å². The second kappa shape index (κ2) is 29.5. The number of unbranched alkanes of at least 4 members (excludes halogenated alkanes) is 2. The Morgan fingerprint density at radius 2 is 1.16 bits per heavy atom. The normalized spacial score (nSPS) is 12.2. The van der Waals surface area contributed by atoms with Gasteiger partial charge in [-0.1, -0.05) is 53.8 Å². The van der Waals surface area contributed by atoms with E-state index in [9.17, 15) is 67.1 Å². The topological polar surface area (TPSA) is 274 Å². The average molecular weight is 1330 g/mol. The number of amides is 4. The zero-order valence-corrected chi connectivity index (χ0v) is 49.8. The van der Waals surface area contributed by atoms with E-state index in [4.69, 9.17) is 11.5 Å². The Morgan fingerprint density at radius 3 is 1.74 bits per heavy atom. The number of anilines is 3. The molecule has 0 radical (unpaired) electrons. The number of nitrogens with zero attached hydrogens (tertiary/aromatic N) is 6. The van der Waals surface area contributed by atoms with Crippen molar-refractivity contribution in [3.8, 4) is 39.8 Å². The molecule has 0 saturated carbocycles. The van der Waals surface area contributed by atoms with Gasteiger partial charge in [0, 0.05) is 41.2 Å². The van der Waals surface area contributed by atoms with Crippen molar-refractivity contribution in [1.29, 1.82) is 0 Å². The summed E-state index contributed by atoms with van der Waals surface area (Å²) in [4.78, 5) is 66.1. The molecule has 31 heteroatoms. The molecular weight excluding hydrogens is 1270 g/mol. The number of nitrogens with one attached hydrogen (secondary N) is 2. The molecule has 0 aliphatic rings. The predicted octanol–water partition coefficient (Wildman–Crippen LogP) is 11.4. The monoisotopic (exact) mass is 1320 g/mol. The molecule has 19 nitrogen and oxygen atoms in total. The first-order valence-electron chi connectivity index (χ1n) is 27.7. The van der Waals surface area contributed by atoms with Gasteiger partial charge in [0.25, 0.3) is 0 Å². The smallest absolute Gasteiger partial charge is 0.406 e. The van der Waals surface area contributed by atoms with Crippen molar-refractivity contribution in [3.05, 3.63) is 184 Å². The number of carbonyl (C=O) groups excluding carboxylic acids is 4. The van der Waals surface area contributed by atoms with Crippen LogP contribution in [0.1, 0.15) is 75.7 Å². The highest BCUT2D eigenvalue weighted by molar-refractivity contribution is 7.92. The van der Waals surface area contributed by atoms with Crippen LogP contribution >= 0.6 is 11.3 Å². The van der Waals surface area contributed by atoms with Crippen molar-refractivity contribution < 1.29 is 85.7 Å². The first-order chi connectivity index (χ1) is 43.4. The van der Waals surface area contributed by atoms with Gasteiger partial charge in [-0.2, -0.15) is 4.39 Å². The van der Waals surface area contributed by atoms with Crippen LogP contribution in [-0.2, 0) is 74.1 Å². The summed E-state index contributed by atoms with van der Waals surface area (Å²) in [7, 11) is -3.55. The zero-order valence-electron chi connectivity index (χ0n) is 48.2. The lowest BCUT2D eigenvalue weighted by atomic mass is 9.98. The molecule has 0 spiro atoms. The van der Waals surface area contributed by atoms with E-state index in [0.29, 0.717) is 71.7 Å². The van der Waals surface area contributed by atoms with Crippen LogP contribution in [0, 0.1) is 5.95 Å². The van der Waals surface area contributed by atoms with E-state index < -0.39 is 99.8 Å². The number of nitrogens with two attached hydrogens (primary N) is 2. The summed E-state index contributed by atoms with van der Waals surface area (Å²) in [6.45, 7) is 0.